The summed E-state index contributed by atoms with van der Waals surface area (Å²) < 4.78 is 0. The number of ketones is 1. The molecule has 1 aliphatic rings. The Morgan fingerprint density at radius 2 is 2.00 bits per heavy atom. The molecule has 1 aliphatic carbocycles. The van der Waals surface area contributed by atoms with Crippen molar-refractivity contribution >= 4 is 17.5 Å². The van der Waals surface area contributed by atoms with Crippen LogP contribution in [0.3, 0.4) is 0 Å². The van der Waals surface area contributed by atoms with Gasteiger partial charge in [-0.05, 0) is 66.3 Å². The Hall–Kier alpha value is -2.43. The van der Waals surface area contributed by atoms with Crippen molar-refractivity contribution in [3.05, 3.63) is 70.8 Å². The molecule has 0 amide bonds. The topological polar surface area (TPSA) is 52.6 Å². The highest BCUT2D eigenvalue weighted by Gasteiger charge is 2.21. The van der Waals surface area contributed by atoms with Crippen LogP contribution in [-0.4, -0.2) is 38.1 Å². The van der Waals surface area contributed by atoms with Gasteiger partial charge in [-0.3, -0.25) is 4.79 Å². The van der Waals surface area contributed by atoms with E-state index in [0.717, 1.165) is 31.4 Å². The molecule has 2 aromatic carbocycles. The maximum atomic E-state index is 11.2. The lowest BCUT2D eigenvalue weighted by atomic mass is 10.0. The molecule has 0 aliphatic heterocycles. The first-order valence-corrected chi connectivity index (χ1v) is 9.51. The lowest BCUT2D eigenvalue weighted by molar-refractivity contribution is -0.117. The van der Waals surface area contributed by atoms with Gasteiger partial charge in [0, 0.05) is 25.8 Å². The Morgan fingerprint density at radius 3 is 2.70 bits per heavy atom. The summed E-state index contributed by atoms with van der Waals surface area (Å²) >= 11 is 0. The smallest absolute Gasteiger partial charge is 0.181 e. The van der Waals surface area contributed by atoms with Crippen LogP contribution in [-0.2, 0) is 17.6 Å². The van der Waals surface area contributed by atoms with Crippen molar-refractivity contribution < 1.29 is 9.90 Å². The van der Waals surface area contributed by atoms with Crippen molar-refractivity contribution in [1.82, 2.24) is 5.32 Å². The molecule has 3 rings (SSSR count). The Kier molecular flexibility index (Phi) is 6.43. The second kappa shape index (κ2) is 8.98. The van der Waals surface area contributed by atoms with Gasteiger partial charge >= 0.3 is 0 Å². The van der Waals surface area contributed by atoms with Crippen molar-refractivity contribution in [3.63, 3.8) is 0 Å². The van der Waals surface area contributed by atoms with Crippen LogP contribution < -0.4 is 10.2 Å². The Bertz CT molecular complexity index is 810. The number of hydrogen-bond acceptors (Lipinski definition) is 4. The van der Waals surface area contributed by atoms with Gasteiger partial charge in [0.15, 0.2) is 5.78 Å². The molecule has 0 fully saturated rings. The fourth-order valence-electron chi connectivity index (χ4n) is 3.55. The number of aliphatic hydroxyl groups excluding tert-OH is 1. The lowest BCUT2D eigenvalue weighted by Crippen LogP contribution is -2.21. The van der Waals surface area contributed by atoms with Gasteiger partial charge in [-0.1, -0.05) is 36.4 Å². The lowest BCUT2D eigenvalue weighted by Gasteiger charge is -2.15. The summed E-state index contributed by atoms with van der Waals surface area (Å²) in [4.78, 5) is 13.3. The summed E-state index contributed by atoms with van der Waals surface area (Å²) in [6.45, 7) is 0.517. The monoisotopic (exact) mass is 364 g/mol. The van der Waals surface area contributed by atoms with Gasteiger partial charge in [0.2, 0.25) is 0 Å². The number of benzene rings is 2. The zero-order chi connectivity index (χ0) is 19.2. The number of carbonyl (C=O) groups is 1. The van der Waals surface area contributed by atoms with Crippen molar-refractivity contribution in [2.75, 3.05) is 32.1 Å². The summed E-state index contributed by atoms with van der Waals surface area (Å²) in [6.07, 6.45) is 6.40. The third-order valence-corrected chi connectivity index (χ3v) is 5.12. The van der Waals surface area contributed by atoms with Crippen LogP contribution in [0.15, 0.2) is 48.5 Å². The minimum Gasteiger partial charge on any atom is -0.388 e. The van der Waals surface area contributed by atoms with E-state index in [2.05, 4.69) is 60.7 Å². The molecular formula is C23H28N2O2. The van der Waals surface area contributed by atoms with Crippen LogP contribution in [0.4, 0.5) is 5.69 Å². The van der Waals surface area contributed by atoms with E-state index in [1.807, 2.05) is 6.07 Å². The summed E-state index contributed by atoms with van der Waals surface area (Å²) in [5, 5.41) is 12.5. The molecule has 4 nitrogen and oxygen atoms in total. The van der Waals surface area contributed by atoms with Gasteiger partial charge in [0.25, 0.3) is 0 Å². The molecule has 1 unspecified atom stereocenters. The second-order valence-electron chi connectivity index (χ2n) is 7.27. The number of fused-ring (bicyclic) bond motifs is 1. The highest BCUT2D eigenvalue weighted by Crippen LogP contribution is 2.32. The number of carbonyl (C=O) groups excluding carboxylic acids is 1. The molecule has 0 aromatic heterocycles. The summed E-state index contributed by atoms with van der Waals surface area (Å²) in [7, 11) is 4.11. The van der Waals surface area contributed by atoms with E-state index < -0.39 is 6.61 Å². The highest BCUT2D eigenvalue weighted by atomic mass is 16.3. The molecule has 27 heavy (non-hydrogen) atoms. The van der Waals surface area contributed by atoms with E-state index in [1.165, 1.54) is 28.5 Å². The van der Waals surface area contributed by atoms with Crippen molar-refractivity contribution in [2.45, 2.75) is 25.3 Å². The van der Waals surface area contributed by atoms with E-state index in [1.54, 1.807) is 6.08 Å². The zero-order valence-corrected chi connectivity index (χ0v) is 16.1. The highest BCUT2D eigenvalue weighted by molar-refractivity contribution is 5.94. The fourth-order valence-corrected chi connectivity index (χ4v) is 3.55. The van der Waals surface area contributed by atoms with Gasteiger partial charge in [-0.2, -0.15) is 0 Å². The second-order valence-corrected chi connectivity index (χ2v) is 7.27. The SMILES string of the molecule is CN(C)c1ccc(CCNC2CCc3cc(C=CC(=O)CO)ccc32)cc1. The van der Waals surface area contributed by atoms with E-state index >= 15 is 0 Å². The van der Waals surface area contributed by atoms with Crippen LogP contribution in [0, 0.1) is 0 Å². The average Bonchev–Trinajstić information content (AvgIpc) is 3.08. The molecule has 0 bridgehead atoms. The van der Waals surface area contributed by atoms with Crippen LogP contribution >= 0.6 is 0 Å². The summed E-state index contributed by atoms with van der Waals surface area (Å²) in [6, 6.07) is 15.5. The standard InChI is InChI=1S/C23H28N2O2/c1-25(2)20-8-3-17(4-9-20)13-14-24-23-12-7-19-15-18(6-11-22(19)23)5-10-21(27)16-26/h3-6,8-11,15,23-24,26H,7,12-14,16H2,1-2H3. The predicted molar refractivity (Wildman–Crippen MR) is 111 cm³/mol. The molecule has 0 spiro atoms. The molecule has 2 aromatic rings. The first-order chi connectivity index (χ1) is 13.1. The molecule has 4 heteroatoms. The molecule has 0 saturated heterocycles. The Balaban J connectivity index is 1.55. The largest absolute Gasteiger partial charge is 0.388 e. The number of nitrogens with zero attached hydrogens (tertiary/aromatic N) is 1. The minimum absolute atomic E-state index is 0.270. The van der Waals surface area contributed by atoms with E-state index in [9.17, 15) is 4.79 Å². The predicted octanol–water partition coefficient (Wildman–Crippen LogP) is 3.15. The maximum absolute atomic E-state index is 11.2. The van der Waals surface area contributed by atoms with Crippen molar-refractivity contribution in [3.8, 4) is 0 Å². The zero-order valence-electron chi connectivity index (χ0n) is 16.1. The van der Waals surface area contributed by atoms with Crippen molar-refractivity contribution in [2.24, 2.45) is 0 Å². The molecule has 142 valence electrons. The first kappa shape index (κ1) is 19.3. The van der Waals surface area contributed by atoms with E-state index in [4.69, 9.17) is 5.11 Å². The molecule has 0 heterocycles. The number of aryl methyl sites for hydroxylation is 1. The Morgan fingerprint density at radius 1 is 1.22 bits per heavy atom. The van der Waals surface area contributed by atoms with Gasteiger partial charge in [-0.15, -0.1) is 0 Å². The van der Waals surface area contributed by atoms with Crippen LogP contribution in [0.2, 0.25) is 0 Å². The fraction of sp³-hybridized carbons (Fsp3) is 0.348. The quantitative estimate of drug-likeness (QED) is 0.707. The van der Waals surface area contributed by atoms with Gasteiger partial charge in [0.1, 0.15) is 6.61 Å². The molecule has 2 N–H and O–H groups in total. The number of nitrogens with one attached hydrogen (secondary N) is 1. The first-order valence-electron chi connectivity index (χ1n) is 9.51. The third kappa shape index (κ3) is 5.06. The van der Waals surface area contributed by atoms with Gasteiger partial charge < -0.3 is 15.3 Å². The third-order valence-electron chi connectivity index (χ3n) is 5.12. The molecule has 0 radical (unpaired) electrons. The summed E-state index contributed by atoms with van der Waals surface area (Å²) in [5.41, 5.74) is 6.30. The number of hydrogen-bond donors (Lipinski definition) is 2. The Labute approximate surface area is 161 Å². The molecule has 1 atom stereocenters. The van der Waals surface area contributed by atoms with Crippen LogP contribution in [0.5, 0.6) is 0 Å². The van der Waals surface area contributed by atoms with Gasteiger partial charge in [-0.25, -0.2) is 0 Å². The number of anilines is 1. The van der Waals surface area contributed by atoms with Crippen LogP contribution in [0.25, 0.3) is 6.08 Å². The number of rotatable bonds is 8. The minimum atomic E-state index is -0.439. The van der Waals surface area contributed by atoms with E-state index in [0.29, 0.717) is 6.04 Å². The van der Waals surface area contributed by atoms with Gasteiger partial charge in [0.05, 0.1) is 0 Å². The number of aliphatic hydroxyl groups is 1. The normalized spacial score (nSPS) is 15.9. The van der Waals surface area contributed by atoms with Crippen LogP contribution in [0.1, 0.15) is 34.7 Å². The van der Waals surface area contributed by atoms with Crippen molar-refractivity contribution in [1.29, 1.82) is 0 Å². The average molecular weight is 364 g/mol. The molecule has 0 saturated carbocycles. The summed E-state index contributed by atoms with van der Waals surface area (Å²) in [5.74, 6) is -0.270. The molecular weight excluding hydrogens is 336 g/mol. The van der Waals surface area contributed by atoms with E-state index in [-0.39, 0.29) is 5.78 Å². The maximum Gasteiger partial charge on any atom is 0.181 e.